The van der Waals surface area contributed by atoms with Crippen molar-refractivity contribution in [2.75, 3.05) is 5.32 Å². The van der Waals surface area contributed by atoms with Gasteiger partial charge in [-0.2, -0.15) is 5.10 Å². The lowest BCUT2D eigenvalue weighted by atomic mass is 10.3. The van der Waals surface area contributed by atoms with Crippen molar-refractivity contribution in [3.8, 4) is 0 Å². The summed E-state index contributed by atoms with van der Waals surface area (Å²) in [6.07, 6.45) is 0. The second kappa shape index (κ2) is 7.37. The van der Waals surface area contributed by atoms with Crippen molar-refractivity contribution in [3.05, 3.63) is 28.2 Å². The third kappa shape index (κ3) is 5.26. The fourth-order valence-electron chi connectivity index (χ4n) is 0.924. The number of guanidine groups is 1. The highest BCUT2D eigenvalue weighted by Gasteiger charge is 2.05. The fraction of sp³-hybridized carbons (Fsp3) is 0.200. The van der Waals surface area contributed by atoms with E-state index in [-0.39, 0.29) is 18.4 Å². The molecule has 0 saturated heterocycles. The summed E-state index contributed by atoms with van der Waals surface area (Å²) in [5.41, 5.74) is 6.93. The van der Waals surface area contributed by atoms with Crippen LogP contribution in [0.1, 0.15) is 13.8 Å². The van der Waals surface area contributed by atoms with Gasteiger partial charge in [-0.05, 0) is 26.0 Å². The number of para-hydroxylation sites is 1. The van der Waals surface area contributed by atoms with Gasteiger partial charge < -0.3 is 11.1 Å². The van der Waals surface area contributed by atoms with Gasteiger partial charge in [0.15, 0.2) is 0 Å². The molecule has 0 unspecified atom stereocenters. The number of nitrogens with one attached hydrogen (secondary N) is 1. The summed E-state index contributed by atoms with van der Waals surface area (Å²) >= 11 is 11.9. The molecule has 7 heteroatoms. The first-order valence-corrected chi connectivity index (χ1v) is 5.31. The maximum atomic E-state index is 5.94. The van der Waals surface area contributed by atoms with Gasteiger partial charge in [0.1, 0.15) is 0 Å². The Morgan fingerprint density at radius 2 is 1.71 bits per heavy atom. The molecule has 0 amide bonds. The maximum Gasteiger partial charge on any atom is 0.218 e. The van der Waals surface area contributed by atoms with Crippen LogP contribution in [0.4, 0.5) is 5.69 Å². The highest BCUT2D eigenvalue weighted by atomic mass is 35.5. The van der Waals surface area contributed by atoms with Gasteiger partial charge in [-0.15, -0.1) is 17.5 Å². The maximum absolute atomic E-state index is 5.94. The molecule has 0 spiro atoms. The first kappa shape index (κ1) is 16.0. The topological polar surface area (TPSA) is 62.8 Å². The number of rotatable bonds is 2. The van der Waals surface area contributed by atoms with Gasteiger partial charge in [-0.1, -0.05) is 29.3 Å². The average Bonchev–Trinajstić information content (AvgIpc) is 2.21. The zero-order valence-electron chi connectivity index (χ0n) is 9.37. The molecule has 4 nitrogen and oxygen atoms in total. The van der Waals surface area contributed by atoms with Crippen LogP contribution in [-0.2, 0) is 0 Å². The van der Waals surface area contributed by atoms with E-state index in [1.807, 2.05) is 13.8 Å². The Hall–Kier alpha value is -0.970. The standard InChI is InChI=1S/C10H12Cl2N4.ClH/c1-6(2)15-16-10(13)14-9-7(11)4-3-5-8(9)12;/h3-5H,1-2H3,(H3,13,14,16);1H. The lowest BCUT2D eigenvalue weighted by molar-refractivity contribution is 1.20. The second-order valence-corrected chi connectivity index (χ2v) is 4.07. The Morgan fingerprint density at radius 3 is 2.18 bits per heavy atom. The van der Waals surface area contributed by atoms with E-state index < -0.39 is 0 Å². The van der Waals surface area contributed by atoms with Crippen LogP contribution in [0, 0.1) is 0 Å². The zero-order valence-corrected chi connectivity index (χ0v) is 11.7. The molecule has 3 N–H and O–H groups in total. The molecule has 0 atom stereocenters. The zero-order chi connectivity index (χ0) is 12.1. The van der Waals surface area contributed by atoms with Crippen LogP contribution in [0.2, 0.25) is 10.0 Å². The van der Waals surface area contributed by atoms with E-state index in [1.54, 1.807) is 18.2 Å². The SMILES string of the molecule is CC(C)=N/N=C(\N)Nc1c(Cl)cccc1Cl.Cl. The molecule has 17 heavy (non-hydrogen) atoms. The number of nitrogens with two attached hydrogens (primary N) is 1. The van der Waals surface area contributed by atoms with Crippen LogP contribution in [0.3, 0.4) is 0 Å². The van der Waals surface area contributed by atoms with Crippen molar-refractivity contribution < 1.29 is 0 Å². The van der Waals surface area contributed by atoms with E-state index in [4.69, 9.17) is 28.9 Å². The fourth-order valence-corrected chi connectivity index (χ4v) is 1.42. The van der Waals surface area contributed by atoms with Crippen LogP contribution in [0.25, 0.3) is 0 Å². The molecule has 0 heterocycles. The monoisotopic (exact) mass is 294 g/mol. The molecule has 0 aliphatic rings. The normalized spacial score (nSPS) is 10.5. The Labute approximate surface area is 116 Å². The number of benzene rings is 1. The van der Waals surface area contributed by atoms with E-state index >= 15 is 0 Å². The highest BCUT2D eigenvalue weighted by molar-refractivity contribution is 6.39. The molecule has 0 fully saturated rings. The largest absolute Gasteiger partial charge is 0.368 e. The number of hydrogen-bond acceptors (Lipinski definition) is 2. The van der Waals surface area contributed by atoms with Crippen molar-refractivity contribution >= 4 is 53.0 Å². The van der Waals surface area contributed by atoms with Crippen LogP contribution in [-0.4, -0.2) is 11.7 Å². The van der Waals surface area contributed by atoms with Crippen molar-refractivity contribution in [2.24, 2.45) is 15.9 Å². The Kier molecular flexibility index (Phi) is 6.95. The lowest BCUT2D eigenvalue weighted by Crippen LogP contribution is -2.22. The molecular formula is C10H13Cl3N4. The summed E-state index contributed by atoms with van der Waals surface area (Å²) in [5.74, 6) is 0.135. The van der Waals surface area contributed by atoms with Gasteiger partial charge in [-0.3, -0.25) is 0 Å². The first-order chi connectivity index (χ1) is 7.50. The minimum absolute atomic E-state index is 0. The summed E-state index contributed by atoms with van der Waals surface area (Å²) < 4.78 is 0. The molecule has 0 aliphatic carbocycles. The number of anilines is 1. The van der Waals surface area contributed by atoms with Gasteiger partial charge in [0.2, 0.25) is 5.96 Å². The minimum atomic E-state index is 0. The predicted octanol–water partition coefficient (Wildman–Crippen LogP) is 3.54. The predicted molar refractivity (Wildman–Crippen MR) is 77.7 cm³/mol. The molecule has 1 rings (SSSR count). The first-order valence-electron chi connectivity index (χ1n) is 4.56. The minimum Gasteiger partial charge on any atom is -0.368 e. The van der Waals surface area contributed by atoms with Crippen molar-refractivity contribution in [3.63, 3.8) is 0 Å². The van der Waals surface area contributed by atoms with Gasteiger partial charge in [-0.25, -0.2) is 0 Å². The van der Waals surface area contributed by atoms with Crippen molar-refractivity contribution in [1.82, 2.24) is 0 Å². The molecule has 0 radical (unpaired) electrons. The van der Waals surface area contributed by atoms with Crippen LogP contribution >= 0.6 is 35.6 Å². The number of halogens is 3. The van der Waals surface area contributed by atoms with Crippen LogP contribution in [0.5, 0.6) is 0 Å². The van der Waals surface area contributed by atoms with E-state index in [1.165, 1.54) is 0 Å². The number of hydrogen-bond donors (Lipinski definition) is 2. The van der Waals surface area contributed by atoms with E-state index in [0.717, 1.165) is 5.71 Å². The van der Waals surface area contributed by atoms with Crippen molar-refractivity contribution in [1.29, 1.82) is 0 Å². The van der Waals surface area contributed by atoms with Gasteiger partial charge in [0.05, 0.1) is 15.7 Å². The van der Waals surface area contributed by atoms with Crippen molar-refractivity contribution in [2.45, 2.75) is 13.8 Å². The third-order valence-electron chi connectivity index (χ3n) is 1.57. The van der Waals surface area contributed by atoms with Gasteiger partial charge >= 0.3 is 0 Å². The number of nitrogens with zero attached hydrogens (tertiary/aromatic N) is 2. The summed E-state index contributed by atoms with van der Waals surface area (Å²) in [4.78, 5) is 0. The van der Waals surface area contributed by atoms with E-state index in [9.17, 15) is 0 Å². The summed E-state index contributed by atoms with van der Waals surface area (Å²) in [7, 11) is 0. The molecule has 0 aromatic heterocycles. The Morgan fingerprint density at radius 1 is 1.18 bits per heavy atom. The quantitative estimate of drug-likeness (QED) is 0.498. The second-order valence-electron chi connectivity index (χ2n) is 3.25. The van der Waals surface area contributed by atoms with Gasteiger partial charge in [0.25, 0.3) is 0 Å². The molecule has 0 aliphatic heterocycles. The summed E-state index contributed by atoms with van der Waals surface area (Å²) in [6.45, 7) is 3.64. The Bertz CT molecular complexity index is 419. The van der Waals surface area contributed by atoms with Gasteiger partial charge in [0, 0.05) is 5.71 Å². The smallest absolute Gasteiger partial charge is 0.218 e. The Balaban J connectivity index is 0.00000256. The average molecular weight is 296 g/mol. The highest BCUT2D eigenvalue weighted by Crippen LogP contribution is 2.29. The molecular weight excluding hydrogens is 282 g/mol. The molecule has 1 aromatic carbocycles. The molecule has 1 aromatic rings. The molecule has 0 bridgehead atoms. The molecule has 94 valence electrons. The van der Waals surface area contributed by atoms with Crippen LogP contribution < -0.4 is 11.1 Å². The van der Waals surface area contributed by atoms with Crippen LogP contribution in [0.15, 0.2) is 28.4 Å². The summed E-state index contributed by atoms with van der Waals surface area (Å²) in [5, 5.41) is 11.3. The summed E-state index contributed by atoms with van der Waals surface area (Å²) in [6, 6.07) is 5.16. The lowest BCUT2D eigenvalue weighted by Gasteiger charge is -2.08. The van der Waals surface area contributed by atoms with E-state index in [0.29, 0.717) is 15.7 Å². The van der Waals surface area contributed by atoms with E-state index in [2.05, 4.69) is 15.5 Å². The third-order valence-corrected chi connectivity index (χ3v) is 2.20. The molecule has 0 saturated carbocycles.